The third kappa shape index (κ3) is 3.61. The molecular weight excluding hydrogens is 233 g/mol. The number of nitrogens with zero attached hydrogens (tertiary/aromatic N) is 1. The summed E-state index contributed by atoms with van der Waals surface area (Å²) in [5.41, 5.74) is 0.662. The molecule has 0 aliphatic carbocycles. The second-order valence-electron chi connectivity index (χ2n) is 5.91. The van der Waals surface area contributed by atoms with Crippen LogP contribution in [0.5, 0.6) is 0 Å². The zero-order valence-electron chi connectivity index (χ0n) is 11.5. The molecule has 1 aromatic rings. The van der Waals surface area contributed by atoms with Crippen molar-refractivity contribution in [2.75, 3.05) is 0 Å². The van der Waals surface area contributed by atoms with Crippen LogP contribution < -0.4 is 0 Å². The zero-order chi connectivity index (χ0) is 13.3. The van der Waals surface area contributed by atoms with Gasteiger partial charge in [0.05, 0.1) is 11.8 Å². The molecule has 96 valence electrons. The first kappa shape index (κ1) is 14.3. The molecule has 1 rings (SSSR count). The monoisotopic (exact) mass is 255 g/mol. The van der Waals surface area contributed by atoms with Crippen molar-refractivity contribution in [3.63, 3.8) is 0 Å². The lowest BCUT2D eigenvalue weighted by Gasteiger charge is -2.38. The maximum Gasteiger partial charge on any atom is 0.213 e. The van der Waals surface area contributed by atoms with Crippen LogP contribution in [0.25, 0.3) is 0 Å². The summed E-state index contributed by atoms with van der Waals surface area (Å²) in [5.74, 6) is -0.451. The Morgan fingerprint density at radius 3 is 2.35 bits per heavy atom. The molecule has 0 bridgehead atoms. The molecule has 0 amide bonds. The van der Waals surface area contributed by atoms with Gasteiger partial charge in [0.25, 0.3) is 0 Å². The first-order chi connectivity index (χ1) is 7.63. The smallest absolute Gasteiger partial charge is 0.213 e. The number of aromatic nitrogens is 1. The van der Waals surface area contributed by atoms with Crippen LogP contribution >= 0.6 is 0 Å². The highest BCUT2D eigenvalue weighted by atomic mass is 28.4. The van der Waals surface area contributed by atoms with Crippen molar-refractivity contribution in [1.82, 2.24) is 4.98 Å². The fraction of sp³-hybridized carbons (Fsp3) is 0.615. The molecule has 0 aliphatic rings. The Kier molecular flexibility index (Phi) is 4.09. The highest BCUT2D eigenvalue weighted by Gasteiger charge is 2.38. The SMILES string of the molecule is CC(O[Si](C)(C)C(C)(C)C)c1cccc(F)n1. The van der Waals surface area contributed by atoms with Gasteiger partial charge in [0.2, 0.25) is 5.95 Å². The molecule has 0 aliphatic heterocycles. The van der Waals surface area contributed by atoms with Crippen molar-refractivity contribution in [3.8, 4) is 0 Å². The number of hydrogen-bond donors (Lipinski definition) is 0. The second kappa shape index (κ2) is 4.86. The van der Waals surface area contributed by atoms with Gasteiger partial charge < -0.3 is 4.43 Å². The van der Waals surface area contributed by atoms with Crippen LogP contribution in [0.3, 0.4) is 0 Å². The maximum absolute atomic E-state index is 13.0. The second-order valence-corrected chi connectivity index (χ2v) is 10.7. The number of hydrogen-bond acceptors (Lipinski definition) is 2. The average molecular weight is 255 g/mol. The van der Waals surface area contributed by atoms with Gasteiger partial charge in [0.15, 0.2) is 8.32 Å². The fourth-order valence-electron chi connectivity index (χ4n) is 1.33. The Morgan fingerprint density at radius 2 is 1.88 bits per heavy atom. The summed E-state index contributed by atoms with van der Waals surface area (Å²) in [4.78, 5) is 3.87. The van der Waals surface area contributed by atoms with Gasteiger partial charge in [-0.1, -0.05) is 26.8 Å². The van der Waals surface area contributed by atoms with Crippen molar-refractivity contribution < 1.29 is 8.82 Å². The predicted molar refractivity (Wildman–Crippen MR) is 70.9 cm³/mol. The van der Waals surface area contributed by atoms with E-state index in [4.69, 9.17) is 4.43 Å². The summed E-state index contributed by atoms with van der Waals surface area (Å²) in [6.45, 7) is 12.9. The molecule has 0 spiro atoms. The lowest BCUT2D eigenvalue weighted by Crippen LogP contribution is -2.41. The molecule has 1 aromatic heterocycles. The minimum atomic E-state index is -1.83. The van der Waals surface area contributed by atoms with E-state index in [1.54, 1.807) is 12.1 Å². The van der Waals surface area contributed by atoms with Gasteiger partial charge in [0, 0.05) is 0 Å². The lowest BCUT2D eigenvalue weighted by molar-refractivity contribution is 0.197. The van der Waals surface area contributed by atoms with Crippen LogP contribution in [0.4, 0.5) is 4.39 Å². The van der Waals surface area contributed by atoms with Crippen molar-refractivity contribution >= 4 is 8.32 Å². The van der Waals surface area contributed by atoms with Gasteiger partial charge in [-0.25, -0.2) is 4.98 Å². The Balaban J connectivity index is 2.83. The number of rotatable bonds is 3. The van der Waals surface area contributed by atoms with E-state index in [2.05, 4.69) is 38.8 Å². The topological polar surface area (TPSA) is 22.1 Å². The minimum absolute atomic E-state index is 0.147. The predicted octanol–water partition coefficient (Wildman–Crippen LogP) is 4.30. The fourth-order valence-corrected chi connectivity index (χ4v) is 2.69. The van der Waals surface area contributed by atoms with E-state index in [0.717, 1.165) is 0 Å². The molecule has 0 fully saturated rings. The molecule has 1 unspecified atom stereocenters. The molecule has 0 saturated heterocycles. The molecule has 0 N–H and O–H groups in total. The first-order valence-corrected chi connectivity index (χ1v) is 8.84. The Morgan fingerprint density at radius 1 is 1.29 bits per heavy atom. The van der Waals surface area contributed by atoms with Gasteiger partial charge in [-0.15, -0.1) is 0 Å². The summed E-state index contributed by atoms with van der Waals surface area (Å²) in [6.07, 6.45) is -0.161. The van der Waals surface area contributed by atoms with Gasteiger partial charge in [-0.2, -0.15) is 4.39 Å². The van der Waals surface area contributed by atoms with E-state index in [1.807, 2.05) is 6.92 Å². The van der Waals surface area contributed by atoms with Gasteiger partial charge in [-0.3, -0.25) is 0 Å². The van der Waals surface area contributed by atoms with E-state index in [1.165, 1.54) is 6.07 Å². The van der Waals surface area contributed by atoms with Crippen molar-refractivity contribution in [2.45, 2.75) is 51.9 Å². The summed E-state index contributed by atoms with van der Waals surface area (Å²) >= 11 is 0. The average Bonchev–Trinajstić information content (AvgIpc) is 2.15. The van der Waals surface area contributed by atoms with Crippen LogP contribution in [0.15, 0.2) is 18.2 Å². The largest absolute Gasteiger partial charge is 0.409 e. The number of pyridine rings is 1. The summed E-state index contributed by atoms with van der Waals surface area (Å²) in [6, 6.07) is 4.83. The van der Waals surface area contributed by atoms with Gasteiger partial charge in [-0.05, 0) is 37.2 Å². The lowest BCUT2D eigenvalue weighted by atomic mass is 10.2. The van der Waals surface area contributed by atoms with E-state index in [-0.39, 0.29) is 11.1 Å². The number of halogens is 1. The standard InChI is InChI=1S/C13H22FNOSi/c1-10(11-8-7-9-12(14)15-11)16-17(5,6)13(2,3)4/h7-10H,1-6H3. The molecule has 0 saturated carbocycles. The molecule has 0 aromatic carbocycles. The minimum Gasteiger partial charge on any atom is -0.409 e. The summed E-state index contributed by atoms with van der Waals surface area (Å²) < 4.78 is 19.2. The molecule has 1 atom stereocenters. The molecule has 1 heterocycles. The Hall–Kier alpha value is -0.743. The van der Waals surface area contributed by atoms with Gasteiger partial charge >= 0.3 is 0 Å². The third-order valence-electron chi connectivity index (χ3n) is 3.43. The normalized spacial score (nSPS) is 14.8. The quantitative estimate of drug-likeness (QED) is 0.593. The Bertz CT molecular complexity index is 387. The maximum atomic E-state index is 13.0. The zero-order valence-corrected chi connectivity index (χ0v) is 12.5. The summed E-state index contributed by atoms with van der Waals surface area (Å²) in [7, 11) is -1.83. The molecule has 17 heavy (non-hydrogen) atoms. The third-order valence-corrected chi connectivity index (χ3v) is 7.99. The van der Waals surface area contributed by atoms with E-state index >= 15 is 0 Å². The Labute approximate surface area is 104 Å². The van der Waals surface area contributed by atoms with Crippen LogP contribution in [-0.2, 0) is 4.43 Å². The van der Waals surface area contributed by atoms with Crippen molar-refractivity contribution in [2.24, 2.45) is 0 Å². The van der Waals surface area contributed by atoms with E-state index in [0.29, 0.717) is 5.69 Å². The molecule has 4 heteroatoms. The van der Waals surface area contributed by atoms with E-state index in [9.17, 15) is 4.39 Å². The molecule has 0 radical (unpaired) electrons. The van der Waals surface area contributed by atoms with Crippen LogP contribution in [-0.4, -0.2) is 13.3 Å². The summed E-state index contributed by atoms with van der Waals surface area (Å²) in [5, 5.41) is 0.147. The molecule has 2 nitrogen and oxygen atoms in total. The first-order valence-electron chi connectivity index (χ1n) is 5.94. The van der Waals surface area contributed by atoms with Crippen molar-refractivity contribution in [3.05, 3.63) is 29.8 Å². The van der Waals surface area contributed by atoms with Crippen LogP contribution in [0, 0.1) is 5.95 Å². The van der Waals surface area contributed by atoms with Gasteiger partial charge in [0.1, 0.15) is 0 Å². The van der Waals surface area contributed by atoms with Crippen LogP contribution in [0.2, 0.25) is 18.1 Å². The van der Waals surface area contributed by atoms with Crippen LogP contribution in [0.1, 0.15) is 39.5 Å². The molecular formula is C13H22FNOSi. The highest BCUT2D eigenvalue weighted by molar-refractivity contribution is 6.74. The highest BCUT2D eigenvalue weighted by Crippen LogP contribution is 2.39. The van der Waals surface area contributed by atoms with Crippen molar-refractivity contribution in [1.29, 1.82) is 0 Å². The van der Waals surface area contributed by atoms with E-state index < -0.39 is 14.3 Å².